The van der Waals surface area contributed by atoms with Gasteiger partial charge in [0.05, 0.1) is 36.9 Å². The molecule has 0 saturated carbocycles. The lowest BCUT2D eigenvalue weighted by molar-refractivity contribution is -0.189. The third-order valence-electron chi connectivity index (χ3n) is 7.68. The van der Waals surface area contributed by atoms with E-state index in [1.54, 1.807) is 33.4 Å². The summed E-state index contributed by atoms with van der Waals surface area (Å²) in [6.07, 6.45) is -4.32. The van der Waals surface area contributed by atoms with Crippen LogP contribution in [0.2, 0.25) is 0 Å². The Morgan fingerprint density at radius 1 is 1.15 bits per heavy atom. The van der Waals surface area contributed by atoms with E-state index in [0.29, 0.717) is 39.6 Å². The molecule has 164 valence electrons. The van der Waals surface area contributed by atoms with E-state index in [1.165, 1.54) is 6.92 Å². The predicted octanol–water partition coefficient (Wildman–Crippen LogP) is 3.47. The highest BCUT2D eigenvalue weighted by molar-refractivity contribution is 6.31. The lowest BCUT2D eigenvalue weighted by atomic mass is 9.89. The minimum absolute atomic E-state index is 0.218. The van der Waals surface area contributed by atoms with Gasteiger partial charge in [-0.15, -0.1) is 0 Å². The topological polar surface area (TPSA) is 88.7 Å². The molecule has 0 spiro atoms. The minimum atomic E-state index is -3.38. The molecular weight excluding hydrogens is 418 g/mol. The van der Waals surface area contributed by atoms with Gasteiger partial charge in [-0.25, -0.2) is 0 Å². The number of hydrogen-bond acceptors (Lipinski definition) is 4. The molecule has 0 radical (unpaired) electrons. The van der Waals surface area contributed by atoms with E-state index in [-0.39, 0.29) is 5.91 Å². The van der Waals surface area contributed by atoms with Gasteiger partial charge in [0.15, 0.2) is 5.72 Å². The fourth-order valence-electron chi connectivity index (χ4n) is 6.28. The molecule has 3 aliphatic heterocycles. The Labute approximate surface area is 193 Å². The number of carbonyl (C=O) groups is 1. The van der Waals surface area contributed by atoms with Gasteiger partial charge in [0, 0.05) is 37.2 Å². The first kappa shape index (κ1) is 14.7. The van der Waals surface area contributed by atoms with Crippen LogP contribution in [0.4, 0.5) is 0 Å². The van der Waals surface area contributed by atoms with Crippen LogP contribution in [0.25, 0.3) is 43.6 Å². The Balaban J connectivity index is 1.77. The number of carbonyl (C=O) groups excluding carboxylic acids is 1. The second-order valence-electron chi connectivity index (χ2n) is 9.14. The Morgan fingerprint density at radius 3 is 2.61 bits per heavy atom. The van der Waals surface area contributed by atoms with Crippen molar-refractivity contribution < 1.29 is 25.2 Å². The van der Waals surface area contributed by atoms with Crippen LogP contribution in [0, 0.1) is 0 Å². The van der Waals surface area contributed by atoms with Gasteiger partial charge >= 0.3 is 0 Å². The highest BCUT2D eigenvalue weighted by atomic mass is 16.6. The summed E-state index contributed by atoms with van der Waals surface area (Å²) in [5, 5.41) is 28.6. The van der Waals surface area contributed by atoms with Crippen LogP contribution >= 0.6 is 0 Å². The number of ether oxygens (including phenoxy) is 1. The molecule has 7 heteroatoms. The zero-order valence-corrected chi connectivity index (χ0v) is 17.5. The first-order chi connectivity index (χ1) is 17.4. The summed E-state index contributed by atoms with van der Waals surface area (Å²) in [7, 11) is 0. The van der Waals surface area contributed by atoms with Gasteiger partial charge in [0.1, 0.15) is 11.8 Å². The summed E-state index contributed by atoms with van der Waals surface area (Å²) >= 11 is 0. The molecular formula is C26H21N3O4. The molecule has 7 nitrogen and oxygen atoms in total. The molecule has 3 aromatic carbocycles. The number of rotatable bonds is 1. The predicted molar refractivity (Wildman–Crippen MR) is 124 cm³/mol. The Morgan fingerprint density at radius 2 is 1.85 bits per heavy atom. The lowest BCUT2D eigenvalue weighted by Crippen LogP contribution is -2.53. The second kappa shape index (κ2) is 5.39. The quantitative estimate of drug-likeness (QED) is 0.370. The highest BCUT2D eigenvalue weighted by Gasteiger charge is 2.60. The number of fused-ring (bicyclic) bond motifs is 13. The van der Waals surface area contributed by atoms with E-state index in [1.807, 2.05) is 24.3 Å². The largest absolute Gasteiger partial charge is 0.393 e. The maximum Gasteiger partial charge on any atom is 0.252 e. The third kappa shape index (κ3) is 1.75. The molecule has 0 unspecified atom stereocenters. The number of aliphatic hydroxyl groups is 2. The molecule has 5 heterocycles. The summed E-state index contributed by atoms with van der Waals surface area (Å²) in [6.45, 7) is -1.67. The Bertz CT molecular complexity index is 1910. The fourth-order valence-corrected chi connectivity index (χ4v) is 6.28. The SMILES string of the molecule is [2H]C([2H])(O)[C@@]1(O)C([2H])([2H])[C@H]2O[C@]1(C)n1c3ccccc3c3c4c(c5c6ccccc6n2c5c31)C(=O)NC4. The Hall–Kier alpha value is -3.39. The van der Waals surface area contributed by atoms with Gasteiger partial charge < -0.3 is 29.4 Å². The van der Waals surface area contributed by atoms with Crippen molar-refractivity contribution in [1.82, 2.24) is 14.5 Å². The van der Waals surface area contributed by atoms with Crippen LogP contribution in [0.5, 0.6) is 0 Å². The maximum atomic E-state index is 13.3. The number of benzene rings is 3. The van der Waals surface area contributed by atoms with Crippen molar-refractivity contribution in [2.24, 2.45) is 0 Å². The minimum Gasteiger partial charge on any atom is -0.393 e. The van der Waals surface area contributed by atoms with Crippen molar-refractivity contribution >= 4 is 49.5 Å². The van der Waals surface area contributed by atoms with Crippen LogP contribution in [-0.4, -0.2) is 37.4 Å². The molecule has 5 aromatic rings. The molecule has 33 heavy (non-hydrogen) atoms. The normalized spacial score (nSPS) is 31.6. The number of nitrogens with zero attached hydrogens (tertiary/aromatic N) is 2. The van der Waals surface area contributed by atoms with Crippen LogP contribution in [0.1, 0.15) is 40.9 Å². The van der Waals surface area contributed by atoms with Gasteiger partial charge in [0.25, 0.3) is 5.91 Å². The van der Waals surface area contributed by atoms with E-state index >= 15 is 0 Å². The molecule has 0 aliphatic carbocycles. The molecule has 1 saturated heterocycles. The summed E-state index contributed by atoms with van der Waals surface area (Å²) in [4.78, 5) is 13.3. The van der Waals surface area contributed by atoms with Gasteiger partial charge in [-0.2, -0.15) is 0 Å². The van der Waals surface area contributed by atoms with Crippen molar-refractivity contribution in [2.75, 3.05) is 6.56 Å². The van der Waals surface area contributed by atoms with E-state index in [4.69, 9.17) is 10.2 Å². The van der Waals surface area contributed by atoms with E-state index in [0.717, 1.165) is 21.7 Å². The van der Waals surface area contributed by atoms with Crippen LogP contribution in [-0.2, 0) is 17.0 Å². The number of amides is 1. The van der Waals surface area contributed by atoms with Gasteiger partial charge in [-0.05, 0) is 24.6 Å². The number of hydrogen-bond donors (Lipinski definition) is 3. The first-order valence-electron chi connectivity index (χ1n) is 12.9. The molecule has 3 N–H and O–H groups in total. The van der Waals surface area contributed by atoms with Crippen LogP contribution < -0.4 is 5.32 Å². The Kier molecular flexibility index (Phi) is 2.40. The molecule has 2 aromatic heterocycles. The molecule has 2 bridgehead atoms. The second-order valence-corrected chi connectivity index (χ2v) is 9.14. The molecule has 1 fully saturated rings. The monoisotopic (exact) mass is 443 g/mol. The van der Waals surface area contributed by atoms with Crippen molar-refractivity contribution in [3.05, 3.63) is 59.7 Å². The molecule has 1 amide bonds. The number of aromatic nitrogens is 2. The molecule has 3 aliphatic rings. The van der Waals surface area contributed by atoms with E-state index in [2.05, 4.69) is 5.32 Å². The summed E-state index contributed by atoms with van der Waals surface area (Å²) in [6, 6.07) is 14.6. The molecule has 8 rings (SSSR count). The zero-order valence-electron chi connectivity index (χ0n) is 21.5. The van der Waals surface area contributed by atoms with E-state index in [9.17, 15) is 15.0 Å². The maximum absolute atomic E-state index is 13.3. The molecule has 3 atom stereocenters. The van der Waals surface area contributed by atoms with Crippen LogP contribution in [0.3, 0.4) is 0 Å². The lowest BCUT2D eigenvalue weighted by Gasteiger charge is -2.38. The van der Waals surface area contributed by atoms with Gasteiger partial charge in [-0.3, -0.25) is 4.79 Å². The van der Waals surface area contributed by atoms with Crippen molar-refractivity contribution in [3.8, 4) is 0 Å². The first-order valence-corrected chi connectivity index (χ1v) is 10.9. The van der Waals surface area contributed by atoms with Crippen molar-refractivity contribution in [3.63, 3.8) is 0 Å². The van der Waals surface area contributed by atoms with Crippen LogP contribution in [0.15, 0.2) is 48.5 Å². The van der Waals surface area contributed by atoms with Gasteiger partial charge in [0.2, 0.25) is 0 Å². The summed E-state index contributed by atoms with van der Waals surface area (Å²) < 4.78 is 44.4. The fraction of sp³-hybridized carbons (Fsp3) is 0.269. The number of para-hydroxylation sites is 2. The smallest absolute Gasteiger partial charge is 0.252 e. The standard InChI is InChI=1S/C26H21N3O4/c1-25-26(32,12-30)10-18(33-25)28-16-8-4-2-6-13(16)20-21-15(11-27-24(21)31)19-14-7-3-5-9-17(14)29(25)23(19)22(20)28/h2-9,18,30,32H,10-12H2,1H3,(H,27,31)/t18-,25+,26+/m1/s1/i10D2,12D2. The third-order valence-corrected chi connectivity index (χ3v) is 7.68. The summed E-state index contributed by atoms with van der Waals surface area (Å²) in [5.41, 5.74) is -1.49. The van der Waals surface area contributed by atoms with E-state index < -0.39 is 30.5 Å². The zero-order chi connectivity index (χ0) is 25.9. The van der Waals surface area contributed by atoms with Gasteiger partial charge in [-0.1, -0.05) is 36.4 Å². The highest BCUT2D eigenvalue weighted by Crippen LogP contribution is 2.57. The average Bonchev–Trinajstić information content (AvgIpc) is 3.51. The number of nitrogens with one attached hydrogen (secondary N) is 1. The van der Waals surface area contributed by atoms with Crippen molar-refractivity contribution in [1.29, 1.82) is 0 Å². The summed E-state index contributed by atoms with van der Waals surface area (Å²) in [5.74, 6) is -0.218. The average molecular weight is 443 g/mol. The van der Waals surface area contributed by atoms with Crippen molar-refractivity contribution in [2.45, 2.75) is 37.4 Å².